The summed E-state index contributed by atoms with van der Waals surface area (Å²) in [5.41, 5.74) is -1.17. The van der Waals surface area contributed by atoms with Gasteiger partial charge in [-0.3, -0.25) is 8.98 Å². The standard InChI is InChI=1S/C24H26F3IO9S/c1-3-5-19(29)37-22-21(33-2)20(30)18(36-23(22)35-16-10-8-15(28)9-11-16)13-34-38(31,32)17-7-4-6-14(12-17)24(25,26)27/h4,6-12,18,20-23,30H,3,5,13H2,1-2H3/t18-,20+,21-,22-,23+/m0/s1. The van der Waals surface area contributed by atoms with Crippen LogP contribution >= 0.6 is 22.6 Å². The van der Waals surface area contributed by atoms with E-state index in [2.05, 4.69) is 22.6 Å². The minimum atomic E-state index is -4.76. The van der Waals surface area contributed by atoms with Gasteiger partial charge in [0, 0.05) is 17.1 Å². The molecule has 0 spiro atoms. The van der Waals surface area contributed by atoms with Gasteiger partial charge in [-0.2, -0.15) is 21.6 Å². The van der Waals surface area contributed by atoms with Crippen molar-refractivity contribution in [1.82, 2.24) is 0 Å². The van der Waals surface area contributed by atoms with Gasteiger partial charge in [0.2, 0.25) is 6.29 Å². The number of benzene rings is 2. The molecule has 0 unspecified atom stereocenters. The van der Waals surface area contributed by atoms with Crippen LogP contribution in [0.25, 0.3) is 0 Å². The van der Waals surface area contributed by atoms with Gasteiger partial charge in [-0.15, -0.1) is 0 Å². The molecule has 0 amide bonds. The zero-order valence-corrected chi connectivity index (χ0v) is 23.2. The molecular weight excluding hydrogens is 648 g/mol. The van der Waals surface area contributed by atoms with E-state index in [9.17, 15) is 31.5 Å². The Morgan fingerprint density at radius 3 is 2.42 bits per heavy atom. The molecule has 38 heavy (non-hydrogen) atoms. The summed E-state index contributed by atoms with van der Waals surface area (Å²) in [7, 11) is -3.42. The van der Waals surface area contributed by atoms with E-state index in [1.54, 1.807) is 31.2 Å². The van der Waals surface area contributed by atoms with E-state index in [1.165, 1.54) is 7.11 Å². The smallest absolute Gasteiger partial charge is 0.416 e. The van der Waals surface area contributed by atoms with Crippen molar-refractivity contribution in [3.8, 4) is 5.75 Å². The number of hydrogen-bond acceptors (Lipinski definition) is 9. The zero-order chi connectivity index (χ0) is 28.1. The molecule has 5 atom stereocenters. The highest BCUT2D eigenvalue weighted by molar-refractivity contribution is 14.1. The van der Waals surface area contributed by atoms with Crippen LogP contribution in [-0.4, -0.2) is 63.9 Å². The third-order valence-electron chi connectivity index (χ3n) is 5.52. The van der Waals surface area contributed by atoms with E-state index >= 15 is 0 Å². The molecule has 1 aliphatic heterocycles. The molecular formula is C24H26F3IO9S. The molecule has 0 aromatic heterocycles. The number of ether oxygens (including phenoxy) is 4. The first-order valence-electron chi connectivity index (χ1n) is 11.4. The summed E-state index contributed by atoms with van der Waals surface area (Å²) in [5.74, 6) is -0.261. The van der Waals surface area contributed by atoms with Gasteiger partial charge < -0.3 is 24.1 Å². The Kier molecular flexibility index (Phi) is 10.4. The van der Waals surface area contributed by atoms with Gasteiger partial charge in [0.25, 0.3) is 10.1 Å². The van der Waals surface area contributed by atoms with Gasteiger partial charge >= 0.3 is 12.1 Å². The molecule has 0 radical (unpaired) electrons. The van der Waals surface area contributed by atoms with E-state index < -0.39 is 70.0 Å². The van der Waals surface area contributed by atoms with Crippen molar-refractivity contribution in [2.75, 3.05) is 13.7 Å². The summed E-state index contributed by atoms with van der Waals surface area (Å²) in [6.07, 6.45) is -10.9. The lowest BCUT2D eigenvalue weighted by Gasteiger charge is -2.43. The number of carbonyl (C=O) groups is 1. The van der Waals surface area contributed by atoms with E-state index in [1.807, 2.05) is 0 Å². The first-order valence-corrected chi connectivity index (χ1v) is 13.9. The summed E-state index contributed by atoms with van der Waals surface area (Å²) in [5, 5.41) is 10.9. The maximum Gasteiger partial charge on any atom is 0.416 e. The van der Waals surface area contributed by atoms with Crippen LogP contribution in [-0.2, 0) is 39.5 Å². The first kappa shape index (κ1) is 30.6. The van der Waals surface area contributed by atoms with Gasteiger partial charge in [-0.1, -0.05) is 13.0 Å². The number of aliphatic hydroxyl groups excluding tert-OH is 1. The van der Waals surface area contributed by atoms with E-state index in [-0.39, 0.29) is 6.42 Å². The second kappa shape index (κ2) is 12.9. The topological polar surface area (TPSA) is 118 Å². The molecule has 9 nitrogen and oxygen atoms in total. The van der Waals surface area contributed by atoms with Gasteiger partial charge in [-0.05, 0) is 71.5 Å². The van der Waals surface area contributed by atoms with Crippen LogP contribution < -0.4 is 4.74 Å². The van der Waals surface area contributed by atoms with Crippen molar-refractivity contribution in [2.24, 2.45) is 0 Å². The third-order valence-corrected chi connectivity index (χ3v) is 7.51. The Labute approximate surface area is 231 Å². The Hall–Kier alpha value is -1.98. The summed E-state index contributed by atoms with van der Waals surface area (Å²) in [6, 6.07) is 9.82. The van der Waals surface area contributed by atoms with Crippen LogP contribution in [0.15, 0.2) is 53.4 Å². The molecule has 14 heteroatoms. The van der Waals surface area contributed by atoms with Crippen molar-refractivity contribution >= 4 is 38.7 Å². The Bertz CT molecular complexity index is 1190. The molecule has 1 fully saturated rings. The number of hydrogen-bond donors (Lipinski definition) is 1. The number of alkyl halides is 3. The van der Waals surface area contributed by atoms with Crippen LogP contribution in [0.5, 0.6) is 5.75 Å². The fourth-order valence-corrected chi connectivity index (χ4v) is 4.96. The number of methoxy groups -OCH3 is 1. The van der Waals surface area contributed by atoms with E-state index in [0.717, 1.165) is 21.8 Å². The zero-order valence-electron chi connectivity index (χ0n) is 20.3. The summed E-state index contributed by atoms with van der Waals surface area (Å²) in [6.45, 7) is 0.987. The third kappa shape index (κ3) is 7.79. The van der Waals surface area contributed by atoms with Crippen molar-refractivity contribution in [2.45, 2.75) is 61.5 Å². The minimum Gasteiger partial charge on any atom is -0.461 e. The van der Waals surface area contributed by atoms with Gasteiger partial charge in [0.15, 0.2) is 6.10 Å². The summed E-state index contributed by atoms with van der Waals surface area (Å²) >= 11 is 2.10. The van der Waals surface area contributed by atoms with Gasteiger partial charge in [0.1, 0.15) is 24.1 Å². The molecule has 1 heterocycles. The number of rotatable bonds is 10. The lowest BCUT2D eigenvalue weighted by Crippen LogP contribution is -2.62. The minimum absolute atomic E-state index is 0.0844. The highest BCUT2D eigenvalue weighted by Gasteiger charge is 2.49. The van der Waals surface area contributed by atoms with Crippen molar-refractivity contribution in [1.29, 1.82) is 0 Å². The van der Waals surface area contributed by atoms with Gasteiger partial charge in [-0.25, -0.2) is 0 Å². The van der Waals surface area contributed by atoms with E-state index in [0.29, 0.717) is 18.2 Å². The molecule has 210 valence electrons. The molecule has 2 aromatic rings. The van der Waals surface area contributed by atoms with Crippen LogP contribution in [0.1, 0.15) is 25.3 Å². The van der Waals surface area contributed by atoms with Crippen LogP contribution in [0.4, 0.5) is 13.2 Å². The molecule has 0 saturated carbocycles. The number of carbonyl (C=O) groups excluding carboxylic acids is 1. The fraction of sp³-hybridized carbons (Fsp3) is 0.458. The quantitative estimate of drug-likeness (QED) is 0.228. The Balaban J connectivity index is 1.83. The Morgan fingerprint density at radius 2 is 1.82 bits per heavy atom. The van der Waals surface area contributed by atoms with E-state index in [4.69, 9.17) is 23.1 Å². The second-order valence-electron chi connectivity index (χ2n) is 8.27. The Morgan fingerprint density at radius 1 is 1.13 bits per heavy atom. The average molecular weight is 674 g/mol. The molecule has 2 aromatic carbocycles. The first-order chi connectivity index (χ1) is 17.9. The largest absolute Gasteiger partial charge is 0.461 e. The molecule has 1 aliphatic rings. The van der Waals surface area contributed by atoms with Crippen molar-refractivity contribution in [3.63, 3.8) is 0 Å². The SMILES string of the molecule is CCCC(=O)O[C@@H]1[C@H](Oc2ccc(I)cc2)O[C@@H](COS(=O)(=O)c2cccc(C(F)(F)F)c2)[C@@H](O)[C@@H]1OC. The molecule has 1 N–H and O–H groups in total. The summed E-state index contributed by atoms with van der Waals surface area (Å²) in [4.78, 5) is 11.5. The molecule has 1 saturated heterocycles. The normalized spacial score (nSPS) is 24.1. The molecule has 3 rings (SSSR count). The average Bonchev–Trinajstić information content (AvgIpc) is 2.86. The number of aliphatic hydroxyl groups is 1. The van der Waals surface area contributed by atoms with Gasteiger partial charge in [0.05, 0.1) is 17.1 Å². The van der Waals surface area contributed by atoms with Crippen LogP contribution in [0.3, 0.4) is 0 Å². The summed E-state index contributed by atoms with van der Waals surface area (Å²) < 4.78 is 92.7. The predicted molar refractivity (Wildman–Crippen MR) is 135 cm³/mol. The monoisotopic (exact) mass is 674 g/mol. The highest BCUT2D eigenvalue weighted by atomic mass is 127. The van der Waals surface area contributed by atoms with Crippen LogP contribution in [0, 0.1) is 3.57 Å². The fourth-order valence-electron chi connectivity index (χ4n) is 3.63. The number of esters is 1. The predicted octanol–water partition coefficient (Wildman–Crippen LogP) is 3.91. The molecule has 0 aliphatic carbocycles. The second-order valence-corrected chi connectivity index (χ2v) is 11.1. The maximum atomic E-state index is 13.0. The molecule has 0 bridgehead atoms. The lowest BCUT2D eigenvalue weighted by molar-refractivity contribution is -0.285. The van der Waals surface area contributed by atoms with Crippen LogP contribution in [0.2, 0.25) is 0 Å². The number of halogens is 4. The lowest BCUT2D eigenvalue weighted by atomic mass is 9.98. The van der Waals surface area contributed by atoms with Crippen molar-refractivity contribution < 1.29 is 54.6 Å². The highest BCUT2D eigenvalue weighted by Crippen LogP contribution is 2.32. The van der Waals surface area contributed by atoms with Crippen molar-refractivity contribution in [3.05, 3.63) is 57.7 Å². The maximum absolute atomic E-state index is 13.0.